The van der Waals surface area contributed by atoms with Gasteiger partial charge >= 0.3 is 0 Å². The van der Waals surface area contributed by atoms with E-state index in [2.05, 4.69) is 9.44 Å². The molecule has 0 bridgehead atoms. The average molecular weight is 244 g/mol. The van der Waals surface area contributed by atoms with Crippen molar-refractivity contribution in [3.8, 4) is 5.75 Å². The van der Waals surface area contributed by atoms with Gasteiger partial charge in [0.1, 0.15) is 5.75 Å². The van der Waals surface area contributed by atoms with E-state index < -0.39 is 10.2 Å². The molecule has 1 aromatic rings. The van der Waals surface area contributed by atoms with Crippen LogP contribution in [-0.4, -0.2) is 20.1 Å². The molecule has 0 aliphatic heterocycles. The predicted octanol–water partition coefficient (Wildman–Crippen LogP) is 0.726. The molecule has 16 heavy (non-hydrogen) atoms. The number of nitrogens with one attached hydrogen (secondary N) is 2. The topological polar surface area (TPSA) is 78.4 Å². The summed E-state index contributed by atoms with van der Waals surface area (Å²) in [5, 5.41) is 9.19. The summed E-state index contributed by atoms with van der Waals surface area (Å²) in [6.45, 7) is 2.46. The predicted molar refractivity (Wildman–Crippen MR) is 62.2 cm³/mol. The molecule has 0 saturated carbocycles. The molecular formula is C10H16N2O3S. The molecule has 0 aliphatic rings. The van der Waals surface area contributed by atoms with Gasteiger partial charge in [0.2, 0.25) is 0 Å². The molecule has 0 aromatic heterocycles. The molecule has 0 heterocycles. The van der Waals surface area contributed by atoms with Gasteiger partial charge in [0.15, 0.2) is 0 Å². The molecule has 0 amide bonds. The first-order valence-electron chi connectivity index (χ1n) is 5.05. The Morgan fingerprint density at radius 2 is 2.06 bits per heavy atom. The van der Waals surface area contributed by atoms with Gasteiger partial charge < -0.3 is 5.11 Å². The fourth-order valence-corrected chi connectivity index (χ4v) is 2.06. The Bertz CT molecular complexity index is 431. The third-order valence-corrected chi connectivity index (χ3v) is 3.03. The van der Waals surface area contributed by atoms with Crippen LogP contribution in [-0.2, 0) is 16.8 Å². The van der Waals surface area contributed by atoms with Crippen molar-refractivity contribution >= 4 is 10.2 Å². The fourth-order valence-electron chi connectivity index (χ4n) is 1.13. The van der Waals surface area contributed by atoms with Crippen LogP contribution in [0.2, 0.25) is 0 Å². The van der Waals surface area contributed by atoms with E-state index in [0.717, 1.165) is 6.42 Å². The lowest BCUT2D eigenvalue weighted by Crippen LogP contribution is -2.36. The number of rotatable bonds is 6. The van der Waals surface area contributed by atoms with Crippen LogP contribution >= 0.6 is 0 Å². The Kier molecular flexibility index (Phi) is 4.72. The van der Waals surface area contributed by atoms with Crippen LogP contribution in [0.5, 0.6) is 5.75 Å². The average Bonchev–Trinajstić information content (AvgIpc) is 2.24. The summed E-state index contributed by atoms with van der Waals surface area (Å²) in [7, 11) is -3.44. The lowest BCUT2D eigenvalue weighted by molar-refractivity contribution is 0.474. The molecule has 0 fully saturated rings. The Labute approximate surface area is 95.7 Å². The second-order valence-corrected chi connectivity index (χ2v) is 4.97. The van der Waals surface area contributed by atoms with Crippen molar-refractivity contribution in [2.45, 2.75) is 19.9 Å². The molecule has 90 valence electrons. The molecule has 6 heteroatoms. The summed E-state index contributed by atoms with van der Waals surface area (Å²) in [6, 6.07) is 6.45. The third-order valence-electron chi connectivity index (χ3n) is 1.92. The minimum Gasteiger partial charge on any atom is -0.508 e. The van der Waals surface area contributed by atoms with Crippen molar-refractivity contribution in [3.63, 3.8) is 0 Å². The van der Waals surface area contributed by atoms with E-state index in [1.54, 1.807) is 12.1 Å². The molecule has 0 unspecified atom stereocenters. The SMILES string of the molecule is CCCNS(=O)(=O)NCc1cccc(O)c1. The Balaban J connectivity index is 2.51. The first kappa shape index (κ1) is 13.0. The van der Waals surface area contributed by atoms with Crippen LogP contribution < -0.4 is 9.44 Å². The standard InChI is InChI=1S/C10H16N2O3S/c1-2-6-11-16(14,15)12-8-9-4-3-5-10(13)7-9/h3-5,7,11-13H,2,6,8H2,1H3. The maximum Gasteiger partial charge on any atom is 0.277 e. The zero-order valence-electron chi connectivity index (χ0n) is 9.10. The summed E-state index contributed by atoms with van der Waals surface area (Å²) in [5.74, 6) is 0.123. The van der Waals surface area contributed by atoms with Gasteiger partial charge in [-0.15, -0.1) is 0 Å². The molecule has 0 radical (unpaired) electrons. The van der Waals surface area contributed by atoms with Crippen molar-refractivity contribution < 1.29 is 13.5 Å². The highest BCUT2D eigenvalue weighted by molar-refractivity contribution is 7.87. The summed E-state index contributed by atoms with van der Waals surface area (Å²) in [4.78, 5) is 0. The van der Waals surface area contributed by atoms with Gasteiger partial charge in [0.05, 0.1) is 0 Å². The van der Waals surface area contributed by atoms with E-state index >= 15 is 0 Å². The number of aromatic hydroxyl groups is 1. The monoisotopic (exact) mass is 244 g/mol. The Morgan fingerprint density at radius 3 is 2.69 bits per heavy atom. The van der Waals surface area contributed by atoms with E-state index in [1.807, 2.05) is 6.92 Å². The van der Waals surface area contributed by atoms with Crippen molar-refractivity contribution in [2.24, 2.45) is 0 Å². The van der Waals surface area contributed by atoms with Crippen LogP contribution in [0.1, 0.15) is 18.9 Å². The number of hydrogen-bond acceptors (Lipinski definition) is 3. The van der Waals surface area contributed by atoms with Crippen LogP contribution in [0.15, 0.2) is 24.3 Å². The number of phenols is 1. The second-order valence-electron chi connectivity index (χ2n) is 3.39. The molecule has 0 aliphatic carbocycles. The van der Waals surface area contributed by atoms with Gasteiger partial charge in [-0.25, -0.2) is 4.72 Å². The number of phenolic OH excluding ortho intramolecular Hbond substituents is 1. The van der Waals surface area contributed by atoms with Crippen molar-refractivity contribution in [3.05, 3.63) is 29.8 Å². The minimum atomic E-state index is -3.44. The van der Waals surface area contributed by atoms with Crippen LogP contribution in [0.4, 0.5) is 0 Å². The summed E-state index contributed by atoms with van der Waals surface area (Å²) in [6.07, 6.45) is 0.743. The van der Waals surface area contributed by atoms with E-state index in [1.165, 1.54) is 12.1 Å². The van der Waals surface area contributed by atoms with Crippen molar-refractivity contribution in [1.29, 1.82) is 0 Å². The van der Waals surface area contributed by atoms with E-state index in [-0.39, 0.29) is 12.3 Å². The highest BCUT2D eigenvalue weighted by Gasteiger charge is 2.07. The molecule has 0 spiro atoms. The van der Waals surface area contributed by atoms with Gasteiger partial charge in [-0.1, -0.05) is 19.1 Å². The van der Waals surface area contributed by atoms with Gasteiger partial charge in [-0.2, -0.15) is 13.1 Å². The van der Waals surface area contributed by atoms with Crippen LogP contribution in [0, 0.1) is 0 Å². The van der Waals surface area contributed by atoms with Gasteiger partial charge in [0.25, 0.3) is 10.2 Å². The zero-order valence-corrected chi connectivity index (χ0v) is 9.92. The highest BCUT2D eigenvalue weighted by atomic mass is 32.2. The number of benzene rings is 1. The summed E-state index contributed by atoms with van der Waals surface area (Å²) < 4.78 is 27.5. The minimum absolute atomic E-state index is 0.123. The maximum atomic E-state index is 11.4. The molecular weight excluding hydrogens is 228 g/mol. The quantitative estimate of drug-likeness (QED) is 0.690. The summed E-state index contributed by atoms with van der Waals surface area (Å²) >= 11 is 0. The normalized spacial score (nSPS) is 11.6. The van der Waals surface area contributed by atoms with E-state index in [9.17, 15) is 13.5 Å². The van der Waals surface area contributed by atoms with Crippen LogP contribution in [0.3, 0.4) is 0 Å². The van der Waals surface area contributed by atoms with E-state index in [4.69, 9.17) is 0 Å². The van der Waals surface area contributed by atoms with Gasteiger partial charge in [-0.05, 0) is 24.1 Å². The first-order chi connectivity index (χ1) is 7.53. The third kappa shape index (κ3) is 4.61. The Morgan fingerprint density at radius 1 is 1.31 bits per heavy atom. The zero-order chi connectivity index (χ0) is 12.0. The second kappa shape index (κ2) is 5.83. The lowest BCUT2D eigenvalue weighted by atomic mass is 10.2. The van der Waals surface area contributed by atoms with Crippen LogP contribution in [0.25, 0.3) is 0 Å². The molecule has 0 saturated heterocycles. The van der Waals surface area contributed by atoms with E-state index in [0.29, 0.717) is 12.1 Å². The molecule has 0 atom stereocenters. The molecule has 1 rings (SSSR count). The Hall–Kier alpha value is -1.11. The van der Waals surface area contributed by atoms with Gasteiger partial charge in [-0.3, -0.25) is 0 Å². The molecule has 1 aromatic carbocycles. The summed E-state index contributed by atoms with van der Waals surface area (Å²) in [5.41, 5.74) is 0.710. The fraction of sp³-hybridized carbons (Fsp3) is 0.400. The first-order valence-corrected chi connectivity index (χ1v) is 6.54. The maximum absolute atomic E-state index is 11.4. The molecule has 5 nitrogen and oxygen atoms in total. The van der Waals surface area contributed by atoms with Gasteiger partial charge in [0, 0.05) is 13.1 Å². The smallest absolute Gasteiger partial charge is 0.277 e. The lowest BCUT2D eigenvalue weighted by Gasteiger charge is -2.07. The molecule has 3 N–H and O–H groups in total. The van der Waals surface area contributed by atoms with Crippen molar-refractivity contribution in [1.82, 2.24) is 9.44 Å². The largest absolute Gasteiger partial charge is 0.508 e. The highest BCUT2D eigenvalue weighted by Crippen LogP contribution is 2.10. The van der Waals surface area contributed by atoms with Crippen molar-refractivity contribution in [2.75, 3.05) is 6.54 Å². The number of hydrogen-bond donors (Lipinski definition) is 3.